The molecule has 0 aliphatic carbocycles. The fraction of sp³-hybridized carbons (Fsp3) is 0.333. The Hall–Kier alpha value is -2.74. The number of aromatic nitrogens is 3. The van der Waals surface area contributed by atoms with Crippen molar-refractivity contribution in [3.63, 3.8) is 0 Å². The first-order valence-electron chi connectivity index (χ1n) is 8.58. The highest BCUT2D eigenvalue weighted by Crippen LogP contribution is 2.22. The van der Waals surface area contributed by atoms with Crippen molar-refractivity contribution in [2.45, 2.75) is 19.4 Å². The minimum atomic E-state index is -0.244. The summed E-state index contributed by atoms with van der Waals surface area (Å²) in [5, 5.41) is 8.20. The molecule has 0 bridgehead atoms. The molecule has 3 heterocycles. The zero-order chi connectivity index (χ0) is 18.1. The van der Waals surface area contributed by atoms with Gasteiger partial charge in [0.2, 0.25) is 0 Å². The number of amides is 2. The van der Waals surface area contributed by atoms with Gasteiger partial charge in [-0.3, -0.25) is 14.3 Å². The molecule has 26 heavy (non-hydrogen) atoms. The second-order valence-electron chi connectivity index (χ2n) is 6.30. The molecule has 4 rings (SSSR count). The molecule has 134 valence electrons. The van der Waals surface area contributed by atoms with E-state index < -0.39 is 0 Å². The summed E-state index contributed by atoms with van der Waals surface area (Å²) in [6.45, 7) is 1.77. The number of hydrogen-bond acceptors (Lipinski definition) is 5. The van der Waals surface area contributed by atoms with Crippen LogP contribution in [0.3, 0.4) is 0 Å². The molecule has 2 aromatic heterocycles. The van der Waals surface area contributed by atoms with Gasteiger partial charge >= 0.3 is 0 Å². The van der Waals surface area contributed by atoms with Crippen LogP contribution in [0, 0.1) is 0 Å². The number of rotatable bonds is 5. The summed E-state index contributed by atoms with van der Waals surface area (Å²) in [5.74, 6) is -0.342. The van der Waals surface area contributed by atoms with Crippen LogP contribution in [0.2, 0.25) is 0 Å². The number of thiazole rings is 1. The molecule has 7 nitrogen and oxygen atoms in total. The number of fused-ring (bicyclic) bond motifs is 2. The number of hydrogen-bond donors (Lipinski definition) is 1. The molecule has 1 aromatic carbocycles. The van der Waals surface area contributed by atoms with Gasteiger partial charge < -0.3 is 10.2 Å². The number of benzene rings is 1. The summed E-state index contributed by atoms with van der Waals surface area (Å²) >= 11 is 1.69. The first-order chi connectivity index (χ1) is 12.6. The lowest BCUT2D eigenvalue weighted by Gasteiger charge is -2.22. The van der Waals surface area contributed by atoms with Crippen LogP contribution in [0.1, 0.15) is 32.4 Å². The Labute approximate surface area is 154 Å². The predicted molar refractivity (Wildman–Crippen MR) is 99.5 cm³/mol. The molecule has 0 saturated heterocycles. The first-order valence-corrected chi connectivity index (χ1v) is 9.39. The van der Waals surface area contributed by atoms with Gasteiger partial charge in [-0.2, -0.15) is 5.10 Å². The topological polar surface area (TPSA) is 80.1 Å². The van der Waals surface area contributed by atoms with Gasteiger partial charge in [0, 0.05) is 32.6 Å². The van der Waals surface area contributed by atoms with Crippen LogP contribution in [0.15, 0.2) is 30.3 Å². The molecule has 0 atom stereocenters. The minimum Gasteiger partial charge on any atom is -0.351 e. The van der Waals surface area contributed by atoms with Crippen LogP contribution in [0.5, 0.6) is 0 Å². The Kier molecular flexibility index (Phi) is 4.42. The molecule has 3 aromatic rings. The molecule has 0 unspecified atom stereocenters. The minimum absolute atomic E-state index is 0.0985. The molecule has 1 aliphatic rings. The molecule has 0 spiro atoms. The van der Waals surface area contributed by atoms with E-state index in [9.17, 15) is 9.59 Å². The van der Waals surface area contributed by atoms with Gasteiger partial charge in [0.25, 0.3) is 11.8 Å². The van der Waals surface area contributed by atoms with Crippen molar-refractivity contribution in [1.82, 2.24) is 25.0 Å². The maximum atomic E-state index is 12.3. The van der Waals surface area contributed by atoms with Crippen molar-refractivity contribution in [3.8, 4) is 0 Å². The average Bonchev–Trinajstić information content (AvgIpc) is 3.25. The Morgan fingerprint density at radius 1 is 1.31 bits per heavy atom. The third kappa shape index (κ3) is 3.20. The van der Waals surface area contributed by atoms with E-state index in [4.69, 9.17) is 0 Å². The van der Waals surface area contributed by atoms with Crippen molar-refractivity contribution in [3.05, 3.63) is 46.7 Å². The fourth-order valence-electron chi connectivity index (χ4n) is 2.97. The second-order valence-corrected chi connectivity index (χ2v) is 7.41. The highest BCUT2D eigenvalue weighted by atomic mass is 32.1. The fourth-order valence-corrected chi connectivity index (χ4v) is 3.98. The van der Waals surface area contributed by atoms with E-state index in [-0.39, 0.29) is 11.8 Å². The average molecular weight is 369 g/mol. The standard InChI is InChI=1S/C18H19N5O2S/c1-22-9-10-23-14(18(22)25)11-13(21-23)17(24)19-8-4-7-16-20-12-5-2-3-6-15(12)26-16/h2-3,5-6,11H,4,7-10H2,1H3,(H,19,24). The second kappa shape index (κ2) is 6.87. The van der Waals surface area contributed by atoms with Crippen molar-refractivity contribution < 1.29 is 9.59 Å². The lowest BCUT2D eigenvalue weighted by molar-refractivity contribution is 0.0742. The Morgan fingerprint density at radius 3 is 3.00 bits per heavy atom. The SMILES string of the molecule is CN1CCn2nc(C(=O)NCCCc3nc4ccccc4s3)cc2C1=O. The number of likely N-dealkylation sites (N-methyl/N-ethyl adjacent to an activating group) is 1. The van der Waals surface area contributed by atoms with Crippen LogP contribution in [0.4, 0.5) is 0 Å². The smallest absolute Gasteiger partial charge is 0.271 e. The van der Waals surface area contributed by atoms with Crippen LogP contribution < -0.4 is 5.32 Å². The van der Waals surface area contributed by atoms with Crippen LogP contribution in [0.25, 0.3) is 10.2 Å². The molecule has 1 N–H and O–H groups in total. The highest BCUT2D eigenvalue weighted by Gasteiger charge is 2.25. The number of nitrogens with zero attached hydrogens (tertiary/aromatic N) is 4. The monoisotopic (exact) mass is 369 g/mol. The molecule has 1 aliphatic heterocycles. The van der Waals surface area contributed by atoms with Crippen molar-refractivity contribution >= 4 is 33.4 Å². The molecule has 0 fully saturated rings. The Morgan fingerprint density at radius 2 is 2.15 bits per heavy atom. The molecule has 2 amide bonds. The van der Waals surface area contributed by atoms with Gasteiger partial charge in [0.05, 0.1) is 21.8 Å². The van der Waals surface area contributed by atoms with E-state index in [1.54, 1.807) is 34.0 Å². The lowest BCUT2D eigenvalue weighted by atomic mass is 10.2. The quantitative estimate of drug-likeness (QED) is 0.697. The number of nitrogens with one attached hydrogen (secondary N) is 1. The van der Waals surface area contributed by atoms with Gasteiger partial charge in [-0.1, -0.05) is 12.1 Å². The highest BCUT2D eigenvalue weighted by molar-refractivity contribution is 7.18. The first kappa shape index (κ1) is 16.7. The van der Waals surface area contributed by atoms with E-state index >= 15 is 0 Å². The van der Waals surface area contributed by atoms with Crippen molar-refractivity contribution in [2.24, 2.45) is 0 Å². The number of para-hydroxylation sites is 1. The zero-order valence-corrected chi connectivity index (χ0v) is 15.3. The summed E-state index contributed by atoms with van der Waals surface area (Å²) < 4.78 is 2.79. The summed E-state index contributed by atoms with van der Waals surface area (Å²) in [5.41, 5.74) is 1.79. The van der Waals surface area contributed by atoms with Gasteiger partial charge in [-0.25, -0.2) is 4.98 Å². The number of aryl methyl sites for hydroxylation is 1. The van der Waals surface area contributed by atoms with Crippen molar-refractivity contribution in [1.29, 1.82) is 0 Å². The maximum absolute atomic E-state index is 12.3. The summed E-state index contributed by atoms with van der Waals surface area (Å²) in [7, 11) is 1.75. The molecule has 0 saturated carbocycles. The van der Waals surface area contributed by atoms with Gasteiger partial charge in [0.15, 0.2) is 5.69 Å². The maximum Gasteiger partial charge on any atom is 0.271 e. The van der Waals surface area contributed by atoms with E-state index in [0.717, 1.165) is 23.4 Å². The number of carbonyl (C=O) groups is 2. The molecule has 0 radical (unpaired) electrons. The van der Waals surface area contributed by atoms with E-state index in [1.165, 1.54) is 4.70 Å². The van der Waals surface area contributed by atoms with E-state index in [1.807, 2.05) is 18.2 Å². The summed E-state index contributed by atoms with van der Waals surface area (Å²) in [6.07, 6.45) is 1.63. The number of carbonyl (C=O) groups excluding carboxylic acids is 2. The van der Waals surface area contributed by atoms with Gasteiger partial charge in [0.1, 0.15) is 5.69 Å². The molecular weight excluding hydrogens is 350 g/mol. The van der Waals surface area contributed by atoms with E-state index in [2.05, 4.69) is 21.5 Å². The lowest BCUT2D eigenvalue weighted by Crippen LogP contribution is -2.37. The molecule has 8 heteroatoms. The predicted octanol–water partition coefficient (Wildman–Crippen LogP) is 1.94. The Balaban J connectivity index is 1.32. The Bertz CT molecular complexity index is 944. The van der Waals surface area contributed by atoms with Crippen LogP contribution >= 0.6 is 11.3 Å². The zero-order valence-electron chi connectivity index (χ0n) is 14.4. The van der Waals surface area contributed by atoms with Crippen molar-refractivity contribution in [2.75, 3.05) is 20.1 Å². The normalized spacial score (nSPS) is 13.9. The van der Waals surface area contributed by atoms with Gasteiger partial charge in [-0.15, -0.1) is 11.3 Å². The van der Waals surface area contributed by atoms with Crippen LogP contribution in [-0.4, -0.2) is 51.6 Å². The van der Waals surface area contributed by atoms with Crippen LogP contribution in [-0.2, 0) is 13.0 Å². The summed E-state index contributed by atoms with van der Waals surface area (Å²) in [6, 6.07) is 9.64. The molecular formula is C18H19N5O2S. The largest absolute Gasteiger partial charge is 0.351 e. The van der Waals surface area contributed by atoms with E-state index in [0.29, 0.717) is 31.0 Å². The summed E-state index contributed by atoms with van der Waals surface area (Å²) in [4.78, 5) is 30.6. The van der Waals surface area contributed by atoms with Gasteiger partial charge in [-0.05, 0) is 18.6 Å². The third-order valence-electron chi connectivity index (χ3n) is 4.42. The third-order valence-corrected chi connectivity index (χ3v) is 5.51.